The molecule has 0 aliphatic carbocycles. The van der Waals surface area contributed by atoms with Crippen molar-refractivity contribution >= 4 is 6.03 Å². The number of para-hydroxylation sites is 1. The van der Waals surface area contributed by atoms with Crippen LogP contribution in [-0.4, -0.2) is 33.6 Å². The number of amides is 2. The van der Waals surface area contributed by atoms with E-state index in [0.29, 0.717) is 37.4 Å². The lowest BCUT2D eigenvalue weighted by atomic mass is 10.1. The number of hydrogen-bond donors (Lipinski definition) is 1. The van der Waals surface area contributed by atoms with Crippen molar-refractivity contribution in [3.05, 3.63) is 57.8 Å². The summed E-state index contributed by atoms with van der Waals surface area (Å²) in [5.41, 5.74) is 2.36. The summed E-state index contributed by atoms with van der Waals surface area (Å²) < 4.78 is 7.07. The maximum absolute atomic E-state index is 12.6. The molecule has 0 fully saturated rings. The maximum atomic E-state index is 12.6. The molecule has 1 aromatic carbocycles. The largest absolute Gasteiger partial charge is 0.491 e. The van der Waals surface area contributed by atoms with Crippen molar-refractivity contribution < 1.29 is 9.53 Å². The summed E-state index contributed by atoms with van der Waals surface area (Å²) in [6.45, 7) is 1.30. The minimum atomic E-state index is -0.159. The quantitative estimate of drug-likeness (QED) is 0.847. The molecule has 0 bridgehead atoms. The predicted molar refractivity (Wildman–Crippen MR) is 86.8 cm³/mol. The van der Waals surface area contributed by atoms with E-state index in [2.05, 4.69) is 10.3 Å². The summed E-state index contributed by atoms with van der Waals surface area (Å²) in [5.74, 6) is 0.817. The van der Waals surface area contributed by atoms with Gasteiger partial charge in [-0.05, 0) is 12.5 Å². The standard InChI is InChI=1S/C17H18N4O3/c1-20-10-18-13-8-21(7-6-12(13)16(20)22)17(23)19-14-9-24-15-5-3-2-4-11(14)15/h2-5,10,14H,6-9H2,1H3,(H,19,23). The fraction of sp³-hybridized carbons (Fsp3) is 0.353. The zero-order chi connectivity index (χ0) is 16.7. The normalized spacial score (nSPS) is 18.5. The van der Waals surface area contributed by atoms with Crippen molar-refractivity contribution in [3.8, 4) is 5.75 Å². The van der Waals surface area contributed by atoms with Gasteiger partial charge in [0.25, 0.3) is 5.56 Å². The second-order valence-corrected chi connectivity index (χ2v) is 6.11. The number of benzene rings is 1. The van der Waals surface area contributed by atoms with Gasteiger partial charge in [-0.15, -0.1) is 0 Å². The van der Waals surface area contributed by atoms with Crippen LogP contribution in [0.5, 0.6) is 5.75 Å². The predicted octanol–water partition coefficient (Wildman–Crippen LogP) is 0.982. The van der Waals surface area contributed by atoms with Crippen LogP contribution in [0.25, 0.3) is 0 Å². The summed E-state index contributed by atoms with van der Waals surface area (Å²) in [4.78, 5) is 30.7. The summed E-state index contributed by atoms with van der Waals surface area (Å²) in [6, 6.07) is 7.41. The Morgan fingerprint density at radius 1 is 1.38 bits per heavy atom. The van der Waals surface area contributed by atoms with Gasteiger partial charge in [-0.1, -0.05) is 18.2 Å². The monoisotopic (exact) mass is 326 g/mol. The molecule has 2 amide bonds. The van der Waals surface area contributed by atoms with Crippen LogP contribution >= 0.6 is 0 Å². The molecule has 1 unspecified atom stereocenters. The Labute approximate surface area is 138 Å². The van der Waals surface area contributed by atoms with Crippen molar-refractivity contribution in [2.24, 2.45) is 7.05 Å². The molecular weight excluding hydrogens is 308 g/mol. The molecule has 0 radical (unpaired) electrons. The third-order valence-electron chi connectivity index (χ3n) is 4.57. The van der Waals surface area contributed by atoms with Gasteiger partial charge in [0, 0.05) is 24.7 Å². The summed E-state index contributed by atoms with van der Waals surface area (Å²) in [7, 11) is 1.69. The van der Waals surface area contributed by atoms with Gasteiger partial charge in [-0.2, -0.15) is 0 Å². The van der Waals surface area contributed by atoms with Gasteiger partial charge in [-0.3, -0.25) is 4.79 Å². The number of rotatable bonds is 1. The van der Waals surface area contributed by atoms with Gasteiger partial charge < -0.3 is 19.5 Å². The highest BCUT2D eigenvalue weighted by atomic mass is 16.5. The van der Waals surface area contributed by atoms with Gasteiger partial charge in [0.05, 0.1) is 24.6 Å². The van der Waals surface area contributed by atoms with Crippen LogP contribution in [0.4, 0.5) is 4.79 Å². The number of hydrogen-bond acceptors (Lipinski definition) is 4. The summed E-state index contributed by atoms with van der Waals surface area (Å²) >= 11 is 0. The second-order valence-electron chi connectivity index (χ2n) is 6.11. The SMILES string of the molecule is Cn1cnc2c(c1=O)CCN(C(=O)NC1COc3ccccc31)C2. The van der Waals surface area contributed by atoms with Crippen molar-refractivity contribution in [1.82, 2.24) is 19.8 Å². The Morgan fingerprint density at radius 2 is 2.21 bits per heavy atom. The number of ether oxygens (including phenoxy) is 1. The number of carbonyl (C=O) groups is 1. The van der Waals surface area contributed by atoms with Crippen molar-refractivity contribution in [3.63, 3.8) is 0 Å². The number of nitrogens with zero attached hydrogens (tertiary/aromatic N) is 3. The first-order chi connectivity index (χ1) is 11.6. The lowest BCUT2D eigenvalue weighted by Crippen LogP contribution is -2.46. The highest BCUT2D eigenvalue weighted by Gasteiger charge is 2.29. The average Bonchev–Trinajstić information content (AvgIpc) is 3.01. The second kappa shape index (κ2) is 5.67. The average molecular weight is 326 g/mol. The highest BCUT2D eigenvalue weighted by molar-refractivity contribution is 5.75. The Bertz CT molecular complexity index is 861. The maximum Gasteiger partial charge on any atom is 0.318 e. The lowest BCUT2D eigenvalue weighted by Gasteiger charge is -2.29. The molecule has 0 spiro atoms. The summed E-state index contributed by atoms with van der Waals surface area (Å²) in [6.07, 6.45) is 2.03. The number of fused-ring (bicyclic) bond motifs is 2. The minimum Gasteiger partial charge on any atom is -0.491 e. The molecule has 2 aliphatic heterocycles. The van der Waals surface area contributed by atoms with Gasteiger partial charge in [0.1, 0.15) is 12.4 Å². The van der Waals surface area contributed by atoms with E-state index in [9.17, 15) is 9.59 Å². The molecule has 4 rings (SSSR count). The number of nitrogens with one attached hydrogen (secondary N) is 1. The van der Waals surface area contributed by atoms with E-state index in [1.165, 1.54) is 10.9 Å². The topological polar surface area (TPSA) is 76.5 Å². The lowest BCUT2D eigenvalue weighted by molar-refractivity contribution is 0.184. The molecule has 24 heavy (non-hydrogen) atoms. The van der Waals surface area contributed by atoms with Crippen molar-refractivity contribution in [2.75, 3.05) is 13.2 Å². The van der Waals surface area contributed by atoms with E-state index in [0.717, 1.165) is 11.3 Å². The molecule has 1 atom stereocenters. The Balaban J connectivity index is 1.49. The van der Waals surface area contributed by atoms with Crippen LogP contribution in [0.2, 0.25) is 0 Å². The van der Waals surface area contributed by atoms with Gasteiger partial charge in [-0.25, -0.2) is 9.78 Å². The highest BCUT2D eigenvalue weighted by Crippen LogP contribution is 2.31. The van der Waals surface area contributed by atoms with Crippen LogP contribution in [0.3, 0.4) is 0 Å². The number of aryl methyl sites for hydroxylation is 1. The number of carbonyl (C=O) groups excluding carboxylic acids is 1. The number of aromatic nitrogens is 2. The van der Waals surface area contributed by atoms with E-state index in [1.54, 1.807) is 11.9 Å². The van der Waals surface area contributed by atoms with E-state index in [4.69, 9.17) is 4.74 Å². The van der Waals surface area contributed by atoms with E-state index < -0.39 is 0 Å². The Hall–Kier alpha value is -2.83. The molecule has 1 aromatic heterocycles. The van der Waals surface area contributed by atoms with Crippen molar-refractivity contribution in [1.29, 1.82) is 0 Å². The Kier molecular flexibility index (Phi) is 3.48. The molecule has 2 aliphatic rings. The molecule has 0 saturated carbocycles. The first kappa shape index (κ1) is 14.7. The molecular formula is C17H18N4O3. The van der Waals surface area contributed by atoms with Crippen LogP contribution in [0, 0.1) is 0 Å². The molecule has 1 N–H and O–H groups in total. The van der Waals surface area contributed by atoms with Crippen LogP contribution in [0.15, 0.2) is 35.4 Å². The fourth-order valence-corrected chi connectivity index (χ4v) is 3.21. The summed E-state index contributed by atoms with van der Waals surface area (Å²) in [5, 5.41) is 3.01. The fourth-order valence-electron chi connectivity index (χ4n) is 3.21. The molecule has 3 heterocycles. The van der Waals surface area contributed by atoms with E-state index in [1.807, 2.05) is 24.3 Å². The third kappa shape index (κ3) is 2.42. The van der Waals surface area contributed by atoms with Crippen LogP contribution in [-0.2, 0) is 20.0 Å². The zero-order valence-electron chi connectivity index (χ0n) is 13.4. The first-order valence-corrected chi connectivity index (χ1v) is 7.94. The smallest absolute Gasteiger partial charge is 0.318 e. The minimum absolute atomic E-state index is 0.0295. The third-order valence-corrected chi connectivity index (χ3v) is 4.57. The van der Waals surface area contributed by atoms with Crippen LogP contribution in [0.1, 0.15) is 22.9 Å². The Morgan fingerprint density at radius 3 is 3.08 bits per heavy atom. The molecule has 7 heteroatoms. The molecule has 2 aromatic rings. The molecule has 124 valence electrons. The van der Waals surface area contributed by atoms with Crippen LogP contribution < -0.4 is 15.6 Å². The number of urea groups is 1. The molecule has 7 nitrogen and oxygen atoms in total. The van der Waals surface area contributed by atoms with Gasteiger partial charge >= 0.3 is 6.03 Å². The van der Waals surface area contributed by atoms with Crippen molar-refractivity contribution in [2.45, 2.75) is 19.0 Å². The van der Waals surface area contributed by atoms with Gasteiger partial charge in [0.2, 0.25) is 0 Å². The first-order valence-electron chi connectivity index (χ1n) is 7.94. The molecule has 0 saturated heterocycles. The van der Waals surface area contributed by atoms with E-state index >= 15 is 0 Å². The zero-order valence-corrected chi connectivity index (χ0v) is 13.4. The van der Waals surface area contributed by atoms with E-state index in [-0.39, 0.29) is 17.6 Å². The van der Waals surface area contributed by atoms with Gasteiger partial charge in [0.15, 0.2) is 0 Å².